The van der Waals surface area contributed by atoms with Crippen LogP contribution in [-0.4, -0.2) is 59.2 Å². The molecule has 1 saturated heterocycles. The summed E-state index contributed by atoms with van der Waals surface area (Å²) >= 11 is 0. The van der Waals surface area contributed by atoms with Crippen LogP contribution in [0.1, 0.15) is 45.4 Å². The number of hydrogen-bond donors (Lipinski definition) is 3. The second kappa shape index (κ2) is 15.7. The molecule has 3 N–H and O–H groups in total. The fourth-order valence-electron chi connectivity index (χ4n) is 2.55. The van der Waals surface area contributed by atoms with Crippen molar-refractivity contribution in [3.8, 4) is 0 Å². The number of phosphoric ester groups is 1. The Morgan fingerprint density at radius 3 is 2.15 bits per heavy atom. The van der Waals surface area contributed by atoms with Gasteiger partial charge in [-0.15, -0.1) is 0 Å². The van der Waals surface area contributed by atoms with Gasteiger partial charge < -0.3 is 43.7 Å². The van der Waals surface area contributed by atoms with Crippen molar-refractivity contribution >= 4 is 7.82 Å². The number of rotatable bonds is 11. The largest absolute Gasteiger partial charge is 1.00 e. The molecule has 12 heteroatoms. The zero-order valence-corrected chi connectivity index (χ0v) is 20.7. The summed E-state index contributed by atoms with van der Waals surface area (Å²) in [6.07, 6.45) is -1.43. The summed E-state index contributed by atoms with van der Waals surface area (Å²) in [6, 6.07) is 0. The first-order valence-electron chi connectivity index (χ1n) is 8.24. The van der Waals surface area contributed by atoms with Crippen molar-refractivity contribution in [1.29, 1.82) is 0 Å². The molecule has 0 bridgehead atoms. The second-order valence-corrected chi connectivity index (χ2v) is 6.97. The molecule has 1 aliphatic heterocycles. The first-order chi connectivity index (χ1) is 11.3. The van der Waals surface area contributed by atoms with Crippen LogP contribution in [0.3, 0.4) is 0 Å². The minimum atomic E-state index is -5.43. The molecule has 1 fully saturated rings. The molecule has 0 aromatic carbocycles. The fourth-order valence-corrected chi connectivity index (χ4v) is 3.09. The van der Waals surface area contributed by atoms with E-state index in [0.29, 0.717) is 0 Å². The van der Waals surface area contributed by atoms with Crippen molar-refractivity contribution < 1.29 is 103 Å². The Morgan fingerprint density at radius 1 is 1.04 bits per heavy atom. The standard InChI is InChI=1S/C14H29O9P.2Na/c1-2-3-4-5-6-7-8-21-14-12(17)13(23-24(18,19)20)11(16)10(9-15)22-14;;/h10-17H,2-9H2,1H3,(H2,18,19,20);;/q;2*+1/p-2/t10-,11-,12-,13+,14-;;/m1../s1. The molecule has 0 amide bonds. The molecule has 144 valence electrons. The van der Waals surface area contributed by atoms with Gasteiger partial charge in [-0.2, -0.15) is 0 Å². The molecule has 9 nitrogen and oxygen atoms in total. The minimum absolute atomic E-state index is 0. The van der Waals surface area contributed by atoms with E-state index in [-0.39, 0.29) is 65.7 Å². The van der Waals surface area contributed by atoms with E-state index >= 15 is 0 Å². The molecule has 0 radical (unpaired) electrons. The van der Waals surface area contributed by atoms with Crippen LogP contribution < -0.4 is 68.9 Å². The number of phosphoric acid groups is 1. The van der Waals surface area contributed by atoms with Gasteiger partial charge in [0.25, 0.3) is 0 Å². The molecule has 0 aliphatic carbocycles. The topological polar surface area (TPSA) is 152 Å². The summed E-state index contributed by atoms with van der Waals surface area (Å²) in [6.45, 7) is 1.73. The van der Waals surface area contributed by atoms with Gasteiger partial charge in [-0.05, 0) is 6.42 Å². The van der Waals surface area contributed by atoms with Crippen molar-refractivity contribution in [2.75, 3.05) is 13.2 Å². The average molecular weight is 416 g/mol. The summed E-state index contributed by atoms with van der Waals surface area (Å²) in [7, 11) is -5.43. The Balaban J connectivity index is 0. The van der Waals surface area contributed by atoms with Crippen molar-refractivity contribution in [3.63, 3.8) is 0 Å². The van der Waals surface area contributed by atoms with Gasteiger partial charge in [0.2, 0.25) is 0 Å². The third-order valence-electron chi connectivity index (χ3n) is 3.85. The third-order valence-corrected chi connectivity index (χ3v) is 4.35. The summed E-state index contributed by atoms with van der Waals surface area (Å²) < 4.78 is 25.5. The van der Waals surface area contributed by atoms with Crippen LogP contribution in [0, 0.1) is 0 Å². The predicted octanol–water partition coefficient (Wildman–Crippen LogP) is -6.98. The zero-order chi connectivity index (χ0) is 18.2. The Hall–Kier alpha value is 1.91. The van der Waals surface area contributed by atoms with Crippen LogP contribution in [0.15, 0.2) is 0 Å². The molecule has 0 saturated carbocycles. The number of unbranched alkanes of at least 4 members (excludes halogenated alkanes) is 5. The van der Waals surface area contributed by atoms with Crippen molar-refractivity contribution in [1.82, 2.24) is 0 Å². The maximum Gasteiger partial charge on any atom is 1.00 e. The maximum atomic E-state index is 10.8. The van der Waals surface area contributed by atoms with E-state index in [0.717, 1.165) is 32.1 Å². The SMILES string of the molecule is CCCCCCCCO[C@@H]1O[C@H](CO)[C@@H](O)[C@H](OP(=O)([O-])[O-])[C@H]1O.[Na+].[Na+]. The first kappa shape index (κ1) is 30.1. The van der Waals surface area contributed by atoms with Crippen molar-refractivity contribution in [3.05, 3.63) is 0 Å². The molecule has 5 atom stereocenters. The van der Waals surface area contributed by atoms with Gasteiger partial charge >= 0.3 is 59.1 Å². The van der Waals surface area contributed by atoms with Gasteiger partial charge in [0.1, 0.15) is 24.4 Å². The number of aliphatic hydroxyl groups is 3. The Bertz CT molecular complexity index is 399. The van der Waals surface area contributed by atoms with E-state index in [1.165, 1.54) is 6.42 Å². The molecule has 0 aromatic heterocycles. The van der Waals surface area contributed by atoms with Crippen LogP contribution in [-0.2, 0) is 18.6 Å². The third kappa shape index (κ3) is 11.2. The van der Waals surface area contributed by atoms with Gasteiger partial charge in [0.05, 0.1) is 14.4 Å². The minimum Gasteiger partial charge on any atom is -0.790 e. The molecule has 1 heterocycles. The number of aliphatic hydroxyl groups excluding tert-OH is 3. The van der Waals surface area contributed by atoms with E-state index < -0.39 is 45.1 Å². The van der Waals surface area contributed by atoms with Gasteiger partial charge in [-0.25, -0.2) is 0 Å². The monoisotopic (exact) mass is 416 g/mol. The molecule has 1 aliphatic rings. The summed E-state index contributed by atoms with van der Waals surface area (Å²) in [5.41, 5.74) is 0. The first-order valence-corrected chi connectivity index (χ1v) is 9.70. The normalized spacial score (nSPS) is 28.9. The molecule has 26 heavy (non-hydrogen) atoms. The zero-order valence-electron chi connectivity index (χ0n) is 15.8. The van der Waals surface area contributed by atoms with Gasteiger partial charge in [0.15, 0.2) is 6.29 Å². The van der Waals surface area contributed by atoms with Crippen molar-refractivity contribution in [2.24, 2.45) is 0 Å². The van der Waals surface area contributed by atoms with Crippen molar-refractivity contribution in [2.45, 2.75) is 76.2 Å². The maximum absolute atomic E-state index is 10.8. The smallest absolute Gasteiger partial charge is 0.790 e. The molecule has 1 rings (SSSR count). The quantitative estimate of drug-likeness (QED) is 0.170. The van der Waals surface area contributed by atoms with Crippen LogP contribution >= 0.6 is 7.82 Å². The van der Waals surface area contributed by atoms with Gasteiger partial charge in [0, 0.05) is 6.61 Å². The van der Waals surface area contributed by atoms with E-state index in [1.807, 2.05) is 0 Å². The predicted molar refractivity (Wildman–Crippen MR) is 79.6 cm³/mol. The van der Waals surface area contributed by atoms with E-state index in [1.54, 1.807) is 0 Å². The Kier molecular flexibility index (Phi) is 18.2. The number of hydrogen-bond acceptors (Lipinski definition) is 9. The molecule has 0 aromatic rings. The van der Waals surface area contributed by atoms with Crippen LogP contribution in [0.2, 0.25) is 0 Å². The fraction of sp³-hybridized carbons (Fsp3) is 1.00. The van der Waals surface area contributed by atoms with Crippen LogP contribution in [0.25, 0.3) is 0 Å². The Labute approximate surface area is 198 Å². The molecular formula is C14H27Na2O9P. The molecule has 0 unspecified atom stereocenters. The van der Waals surface area contributed by atoms with Crippen LogP contribution in [0.4, 0.5) is 0 Å². The van der Waals surface area contributed by atoms with E-state index in [4.69, 9.17) is 9.47 Å². The van der Waals surface area contributed by atoms with E-state index in [9.17, 15) is 29.7 Å². The summed E-state index contributed by atoms with van der Waals surface area (Å²) in [5, 5.41) is 29.1. The second-order valence-electron chi connectivity index (χ2n) is 5.86. The number of ether oxygens (including phenoxy) is 2. The van der Waals surface area contributed by atoms with E-state index in [2.05, 4.69) is 11.4 Å². The molecular weight excluding hydrogens is 389 g/mol. The summed E-state index contributed by atoms with van der Waals surface area (Å²) in [5.74, 6) is 0. The van der Waals surface area contributed by atoms with Gasteiger partial charge in [-0.3, -0.25) is 0 Å². The van der Waals surface area contributed by atoms with Crippen LogP contribution in [0.5, 0.6) is 0 Å². The molecule has 0 spiro atoms. The average Bonchev–Trinajstić information content (AvgIpc) is 2.51. The van der Waals surface area contributed by atoms with Gasteiger partial charge in [-0.1, -0.05) is 39.0 Å². The Morgan fingerprint density at radius 2 is 1.62 bits per heavy atom. The summed E-state index contributed by atoms with van der Waals surface area (Å²) in [4.78, 5) is 21.5.